The van der Waals surface area contributed by atoms with E-state index >= 15 is 0 Å². The molecular formula is C14H19N4O2+. The van der Waals surface area contributed by atoms with Crippen molar-refractivity contribution in [3.63, 3.8) is 0 Å². The van der Waals surface area contributed by atoms with Crippen molar-refractivity contribution in [2.24, 2.45) is 16.1 Å². The van der Waals surface area contributed by atoms with Crippen molar-refractivity contribution in [1.29, 1.82) is 0 Å². The van der Waals surface area contributed by atoms with E-state index in [9.17, 15) is 9.59 Å². The van der Waals surface area contributed by atoms with Crippen LogP contribution in [0.15, 0.2) is 34.5 Å². The number of hydrogen-bond donors (Lipinski definition) is 1. The molecule has 6 nitrogen and oxygen atoms in total. The molecule has 0 aliphatic carbocycles. The van der Waals surface area contributed by atoms with E-state index in [0.717, 1.165) is 0 Å². The van der Waals surface area contributed by atoms with Crippen LogP contribution in [0.2, 0.25) is 0 Å². The van der Waals surface area contributed by atoms with Gasteiger partial charge in [0.05, 0.1) is 0 Å². The van der Waals surface area contributed by atoms with Crippen molar-refractivity contribution < 1.29 is 9.59 Å². The van der Waals surface area contributed by atoms with Crippen molar-refractivity contribution >= 4 is 17.5 Å². The van der Waals surface area contributed by atoms with Crippen LogP contribution >= 0.6 is 0 Å². The Balaban J connectivity index is 2.73. The first-order valence-electron chi connectivity index (χ1n) is 6.43. The molecule has 0 radical (unpaired) electrons. The molecule has 0 aliphatic rings. The van der Waals surface area contributed by atoms with Crippen LogP contribution in [0.5, 0.6) is 0 Å². The highest BCUT2D eigenvalue weighted by atomic mass is 16.2. The summed E-state index contributed by atoms with van der Waals surface area (Å²) < 4.78 is 0. The average molecular weight is 275 g/mol. The Morgan fingerprint density at radius 3 is 2.25 bits per heavy atom. The smallest absolute Gasteiger partial charge is 0.326 e. The second-order valence-corrected chi connectivity index (χ2v) is 4.85. The molecule has 106 valence electrons. The van der Waals surface area contributed by atoms with Gasteiger partial charge in [-0.05, 0) is 37.1 Å². The fourth-order valence-corrected chi connectivity index (χ4v) is 1.24. The lowest BCUT2D eigenvalue weighted by molar-refractivity contribution is -0.114. The highest BCUT2D eigenvalue weighted by molar-refractivity contribution is 5.95. The minimum Gasteiger partial charge on any atom is -0.326 e. The van der Waals surface area contributed by atoms with Gasteiger partial charge in [-0.25, -0.2) is 0 Å². The van der Waals surface area contributed by atoms with E-state index < -0.39 is 5.91 Å². The van der Waals surface area contributed by atoms with Gasteiger partial charge >= 0.3 is 5.91 Å². The fraction of sp³-hybridized carbons (Fsp3) is 0.429. The van der Waals surface area contributed by atoms with Gasteiger partial charge in [0.25, 0.3) is 0 Å². The van der Waals surface area contributed by atoms with Gasteiger partial charge in [0.15, 0.2) is 0 Å². The molecule has 0 heterocycles. The molecule has 1 unspecified atom stereocenters. The minimum absolute atomic E-state index is 0.0219. The number of benzene rings is 1. The van der Waals surface area contributed by atoms with Crippen LogP contribution in [0.25, 0.3) is 0 Å². The molecule has 1 aromatic carbocycles. The molecule has 1 atom stereocenters. The first-order valence-corrected chi connectivity index (χ1v) is 6.43. The zero-order chi connectivity index (χ0) is 15.1. The van der Waals surface area contributed by atoms with Crippen molar-refractivity contribution in [2.75, 3.05) is 5.32 Å². The number of carbonyl (C=O) groups excluding carboxylic acids is 2. The summed E-state index contributed by atoms with van der Waals surface area (Å²) in [5.74, 6) is -0.273. The van der Waals surface area contributed by atoms with Gasteiger partial charge in [-0.1, -0.05) is 13.8 Å². The summed E-state index contributed by atoms with van der Waals surface area (Å²) in [6.07, 6.45) is 0. The third-order valence-electron chi connectivity index (χ3n) is 2.79. The Morgan fingerprint density at radius 2 is 1.75 bits per heavy atom. The van der Waals surface area contributed by atoms with Crippen molar-refractivity contribution in [3.8, 4) is 0 Å². The lowest BCUT2D eigenvalue weighted by atomic mass is 10.1. The maximum atomic E-state index is 11.7. The molecule has 0 saturated heterocycles. The monoisotopic (exact) mass is 275 g/mol. The Morgan fingerprint density at radius 1 is 1.15 bits per heavy atom. The van der Waals surface area contributed by atoms with Gasteiger partial charge in [0.1, 0.15) is 11.2 Å². The van der Waals surface area contributed by atoms with Crippen LogP contribution < -0.4 is 10.2 Å². The summed E-state index contributed by atoms with van der Waals surface area (Å²) in [5, 5.41) is 10.1. The molecule has 0 aromatic heterocycles. The predicted molar refractivity (Wildman–Crippen MR) is 76.4 cm³/mol. The minimum atomic E-state index is -0.459. The Hall–Kier alpha value is -2.33. The van der Waals surface area contributed by atoms with E-state index in [1.165, 1.54) is 6.92 Å². The molecule has 0 aliphatic heterocycles. The number of carbonyl (C=O) groups is 2. The van der Waals surface area contributed by atoms with E-state index in [1.54, 1.807) is 24.3 Å². The SMILES string of the molecule is CC(=O)Nc1ccc(C(=O)N=[N+]=NC(C)C(C)C)cc1. The van der Waals surface area contributed by atoms with Gasteiger partial charge in [-0.15, -0.1) is 0 Å². The van der Waals surface area contributed by atoms with Crippen LogP contribution in [0, 0.1) is 5.92 Å². The summed E-state index contributed by atoms with van der Waals surface area (Å²) in [5.41, 5.74) is 1.03. The molecule has 20 heavy (non-hydrogen) atoms. The summed E-state index contributed by atoms with van der Waals surface area (Å²) in [6, 6.07) is 6.46. The third kappa shape index (κ3) is 5.12. The molecule has 6 heteroatoms. The molecular weight excluding hydrogens is 256 g/mol. The first-order chi connectivity index (χ1) is 9.40. The fourth-order valence-electron chi connectivity index (χ4n) is 1.24. The highest BCUT2D eigenvalue weighted by Gasteiger charge is 2.12. The Kier molecular flexibility index (Phi) is 5.74. The van der Waals surface area contributed by atoms with Gasteiger partial charge in [0.2, 0.25) is 15.9 Å². The van der Waals surface area contributed by atoms with Crippen LogP contribution in [0.4, 0.5) is 5.69 Å². The molecule has 1 aromatic rings. The summed E-state index contributed by atoms with van der Waals surface area (Å²) in [7, 11) is 0. The van der Waals surface area contributed by atoms with E-state index in [2.05, 4.69) is 20.5 Å². The van der Waals surface area contributed by atoms with Crippen molar-refractivity contribution in [2.45, 2.75) is 33.7 Å². The first kappa shape index (κ1) is 15.7. The lowest BCUT2D eigenvalue weighted by Crippen LogP contribution is -2.07. The number of hydrogen-bond acceptors (Lipinski definition) is 3. The molecule has 0 spiro atoms. The molecule has 0 saturated carbocycles. The molecule has 2 amide bonds. The van der Waals surface area contributed by atoms with E-state index in [4.69, 9.17) is 0 Å². The highest BCUT2D eigenvalue weighted by Crippen LogP contribution is 2.10. The van der Waals surface area contributed by atoms with Gasteiger partial charge in [0, 0.05) is 18.2 Å². The summed E-state index contributed by atoms with van der Waals surface area (Å²) in [6.45, 7) is 7.37. The predicted octanol–water partition coefficient (Wildman–Crippen LogP) is 2.80. The Labute approximate surface area is 118 Å². The van der Waals surface area contributed by atoms with E-state index in [0.29, 0.717) is 17.2 Å². The third-order valence-corrected chi connectivity index (χ3v) is 2.79. The van der Waals surface area contributed by atoms with Gasteiger partial charge in [-0.3, -0.25) is 9.59 Å². The average Bonchev–Trinajstić information content (AvgIpc) is 2.38. The number of nitrogens with one attached hydrogen (secondary N) is 1. The molecule has 0 bridgehead atoms. The lowest BCUT2D eigenvalue weighted by Gasteiger charge is -2.00. The number of anilines is 1. The Bertz CT molecular complexity index is 543. The second kappa shape index (κ2) is 7.31. The van der Waals surface area contributed by atoms with E-state index in [1.807, 2.05) is 20.8 Å². The van der Waals surface area contributed by atoms with Crippen LogP contribution in [0.3, 0.4) is 0 Å². The topological polar surface area (TPSA) is 85.0 Å². The normalized spacial score (nSPS) is 11.4. The number of nitrogens with zero attached hydrogens (tertiary/aromatic N) is 3. The molecule has 1 rings (SSSR count). The van der Waals surface area contributed by atoms with Gasteiger partial charge in [-0.2, -0.15) is 0 Å². The number of amides is 2. The zero-order valence-electron chi connectivity index (χ0n) is 12.1. The van der Waals surface area contributed by atoms with Crippen LogP contribution in [0.1, 0.15) is 38.1 Å². The molecule has 1 N–H and O–H groups in total. The molecule has 0 fully saturated rings. The van der Waals surface area contributed by atoms with Gasteiger partial charge < -0.3 is 5.32 Å². The van der Waals surface area contributed by atoms with Crippen molar-refractivity contribution in [1.82, 2.24) is 4.91 Å². The van der Waals surface area contributed by atoms with Crippen LogP contribution in [-0.4, -0.2) is 17.9 Å². The van der Waals surface area contributed by atoms with Crippen molar-refractivity contribution in [3.05, 3.63) is 29.8 Å². The van der Waals surface area contributed by atoms with Crippen LogP contribution in [-0.2, 0) is 4.79 Å². The quantitative estimate of drug-likeness (QED) is 0.676. The largest absolute Gasteiger partial charge is 0.360 e. The second-order valence-electron chi connectivity index (χ2n) is 4.85. The summed E-state index contributed by atoms with van der Waals surface area (Å²) in [4.78, 5) is 26.2. The zero-order valence-corrected chi connectivity index (χ0v) is 12.1. The number of rotatable bonds is 4. The summed E-state index contributed by atoms with van der Waals surface area (Å²) >= 11 is 0. The maximum absolute atomic E-state index is 11.7. The van der Waals surface area contributed by atoms with E-state index in [-0.39, 0.29) is 11.9 Å². The maximum Gasteiger partial charge on any atom is 0.360 e. The standard InChI is InChI=1S/C14H18N4O2/c1-9(2)10(3)16-18-17-14(20)12-5-7-13(8-6-12)15-11(4)19/h5-10H,1-4H3/p+1.